The third-order valence-corrected chi connectivity index (χ3v) is 3.24. The first kappa shape index (κ1) is 12.7. The van der Waals surface area contributed by atoms with Crippen LogP contribution in [0.25, 0.3) is 11.3 Å². The quantitative estimate of drug-likeness (QED) is 0.854. The molecular formula is C13H14N2O2S. The molecule has 2 rings (SSSR count). The van der Waals surface area contributed by atoms with E-state index in [1.807, 2.05) is 35.0 Å². The van der Waals surface area contributed by atoms with Crippen molar-refractivity contribution in [2.75, 3.05) is 7.11 Å². The predicted octanol–water partition coefficient (Wildman–Crippen LogP) is 1.85. The molecule has 0 radical (unpaired) electrons. The summed E-state index contributed by atoms with van der Waals surface area (Å²) in [6, 6.07) is 7.06. The van der Waals surface area contributed by atoms with E-state index in [0.29, 0.717) is 6.42 Å². The van der Waals surface area contributed by atoms with Crippen molar-refractivity contribution in [2.24, 2.45) is 5.73 Å². The molecule has 18 heavy (non-hydrogen) atoms. The molecule has 0 aromatic carbocycles. The van der Waals surface area contributed by atoms with E-state index >= 15 is 0 Å². The number of nitrogens with zero attached hydrogens (tertiary/aromatic N) is 1. The van der Waals surface area contributed by atoms with Gasteiger partial charge in [0.1, 0.15) is 6.04 Å². The number of methoxy groups -OCH3 is 1. The highest BCUT2D eigenvalue weighted by atomic mass is 32.1. The van der Waals surface area contributed by atoms with Crippen LogP contribution in [0.2, 0.25) is 0 Å². The van der Waals surface area contributed by atoms with Crippen LogP contribution in [0.1, 0.15) is 5.69 Å². The Kier molecular flexibility index (Phi) is 4.07. The molecule has 2 aromatic heterocycles. The van der Waals surface area contributed by atoms with Gasteiger partial charge >= 0.3 is 5.97 Å². The van der Waals surface area contributed by atoms with E-state index in [2.05, 4.69) is 9.72 Å². The summed E-state index contributed by atoms with van der Waals surface area (Å²) in [5.74, 6) is -0.419. The number of rotatable bonds is 4. The normalized spacial score (nSPS) is 12.1. The summed E-state index contributed by atoms with van der Waals surface area (Å²) in [4.78, 5) is 15.7. The maximum absolute atomic E-state index is 11.3. The summed E-state index contributed by atoms with van der Waals surface area (Å²) in [6.07, 6.45) is 0.380. The number of ether oxygens (including phenoxy) is 1. The molecule has 2 heterocycles. The number of nitrogens with two attached hydrogens (primary N) is 1. The number of carbonyl (C=O) groups excluding carboxylic acids is 1. The standard InChI is InChI=1S/C13H14N2O2S/c1-17-13(16)11(14)7-10-3-2-4-12(15-10)9-5-6-18-8-9/h2-6,8,11H,7,14H2,1H3. The van der Waals surface area contributed by atoms with Gasteiger partial charge in [0.2, 0.25) is 0 Å². The number of carbonyl (C=O) groups is 1. The molecule has 0 aliphatic rings. The lowest BCUT2D eigenvalue weighted by Crippen LogP contribution is -2.33. The highest BCUT2D eigenvalue weighted by Crippen LogP contribution is 2.20. The van der Waals surface area contributed by atoms with Crippen molar-refractivity contribution >= 4 is 17.3 Å². The molecule has 94 valence electrons. The lowest BCUT2D eigenvalue weighted by molar-refractivity contribution is -0.142. The predicted molar refractivity (Wildman–Crippen MR) is 71.2 cm³/mol. The van der Waals surface area contributed by atoms with Crippen LogP contribution in [0.15, 0.2) is 35.0 Å². The number of aromatic nitrogens is 1. The number of hydrogen-bond acceptors (Lipinski definition) is 5. The van der Waals surface area contributed by atoms with Gasteiger partial charge in [0.15, 0.2) is 0 Å². The fourth-order valence-electron chi connectivity index (χ4n) is 1.62. The molecule has 4 nitrogen and oxygen atoms in total. The Bertz CT molecular complexity index is 526. The zero-order valence-electron chi connectivity index (χ0n) is 10.00. The molecule has 0 aliphatic carbocycles. The van der Waals surface area contributed by atoms with Crippen molar-refractivity contribution < 1.29 is 9.53 Å². The average Bonchev–Trinajstić information content (AvgIpc) is 2.92. The SMILES string of the molecule is COC(=O)C(N)Cc1cccc(-c2ccsc2)n1. The Morgan fingerprint density at radius 2 is 2.33 bits per heavy atom. The topological polar surface area (TPSA) is 65.2 Å². The molecule has 1 unspecified atom stereocenters. The van der Waals surface area contributed by atoms with E-state index in [-0.39, 0.29) is 0 Å². The monoisotopic (exact) mass is 262 g/mol. The number of pyridine rings is 1. The largest absolute Gasteiger partial charge is 0.468 e. The van der Waals surface area contributed by atoms with Gasteiger partial charge in [-0.05, 0) is 23.6 Å². The minimum atomic E-state index is -0.666. The first-order chi connectivity index (χ1) is 8.70. The number of thiophene rings is 1. The smallest absolute Gasteiger partial charge is 0.323 e. The molecule has 0 amide bonds. The maximum atomic E-state index is 11.3. The number of hydrogen-bond donors (Lipinski definition) is 1. The van der Waals surface area contributed by atoms with Crippen LogP contribution in [-0.4, -0.2) is 24.1 Å². The van der Waals surface area contributed by atoms with E-state index in [9.17, 15) is 4.79 Å². The van der Waals surface area contributed by atoms with Crippen molar-refractivity contribution in [2.45, 2.75) is 12.5 Å². The molecule has 0 saturated carbocycles. The Balaban J connectivity index is 2.15. The zero-order valence-corrected chi connectivity index (χ0v) is 10.8. The fourth-order valence-corrected chi connectivity index (χ4v) is 2.27. The van der Waals surface area contributed by atoms with Crippen molar-refractivity contribution in [3.8, 4) is 11.3 Å². The minimum Gasteiger partial charge on any atom is -0.468 e. The van der Waals surface area contributed by atoms with E-state index in [1.54, 1.807) is 11.3 Å². The van der Waals surface area contributed by atoms with Gasteiger partial charge in [-0.25, -0.2) is 0 Å². The van der Waals surface area contributed by atoms with E-state index < -0.39 is 12.0 Å². The molecule has 2 N–H and O–H groups in total. The highest BCUT2D eigenvalue weighted by Gasteiger charge is 2.15. The van der Waals surface area contributed by atoms with Crippen LogP contribution in [-0.2, 0) is 16.0 Å². The summed E-state index contributed by atoms with van der Waals surface area (Å²) in [5, 5.41) is 4.04. The maximum Gasteiger partial charge on any atom is 0.323 e. The second-order valence-electron chi connectivity index (χ2n) is 3.86. The third-order valence-electron chi connectivity index (χ3n) is 2.56. The summed E-state index contributed by atoms with van der Waals surface area (Å²) in [7, 11) is 1.33. The summed E-state index contributed by atoms with van der Waals surface area (Å²) < 4.78 is 4.60. The average molecular weight is 262 g/mol. The van der Waals surface area contributed by atoms with Crippen LogP contribution < -0.4 is 5.73 Å². The first-order valence-corrected chi connectivity index (χ1v) is 6.47. The number of esters is 1. The van der Waals surface area contributed by atoms with Crippen molar-refractivity contribution in [3.05, 3.63) is 40.7 Å². The highest BCUT2D eigenvalue weighted by molar-refractivity contribution is 7.08. The van der Waals surface area contributed by atoms with Gasteiger partial charge in [-0.2, -0.15) is 11.3 Å². The van der Waals surface area contributed by atoms with E-state index in [1.165, 1.54) is 7.11 Å². The van der Waals surface area contributed by atoms with Crippen molar-refractivity contribution in [3.63, 3.8) is 0 Å². The molecule has 5 heteroatoms. The van der Waals surface area contributed by atoms with Crippen LogP contribution in [0.4, 0.5) is 0 Å². The summed E-state index contributed by atoms with van der Waals surface area (Å²) in [6.45, 7) is 0. The molecule has 0 saturated heterocycles. The fraction of sp³-hybridized carbons (Fsp3) is 0.231. The van der Waals surface area contributed by atoms with Crippen LogP contribution in [0.5, 0.6) is 0 Å². The lowest BCUT2D eigenvalue weighted by atomic mass is 10.1. The van der Waals surface area contributed by atoms with Gasteiger partial charge in [0.25, 0.3) is 0 Å². The summed E-state index contributed by atoms with van der Waals surface area (Å²) in [5.41, 5.74) is 8.48. The Hall–Kier alpha value is -1.72. The van der Waals surface area contributed by atoms with Gasteiger partial charge in [-0.3, -0.25) is 9.78 Å². The van der Waals surface area contributed by atoms with Gasteiger partial charge in [0.05, 0.1) is 12.8 Å². The summed E-state index contributed by atoms with van der Waals surface area (Å²) >= 11 is 1.62. The van der Waals surface area contributed by atoms with E-state index in [0.717, 1.165) is 17.0 Å². The van der Waals surface area contributed by atoms with Gasteiger partial charge in [-0.15, -0.1) is 0 Å². The van der Waals surface area contributed by atoms with Gasteiger partial charge in [0, 0.05) is 23.1 Å². The molecular weight excluding hydrogens is 248 g/mol. The second-order valence-corrected chi connectivity index (χ2v) is 4.64. The van der Waals surface area contributed by atoms with Gasteiger partial charge in [-0.1, -0.05) is 6.07 Å². The van der Waals surface area contributed by atoms with Crippen LogP contribution >= 0.6 is 11.3 Å². The zero-order chi connectivity index (χ0) is 13.0. The lowest BCUT2D eigenvalue weighted by Gasteiger charge is -2.09. The minimum absolute atomic E-state index is 0.380. The molecule has 0 bridgehead atoms. The van der Waals surface area contributed by atoms with Crippen molar-refractivity contribution in [1.82, 2.24) is 4.98 Å². The van der Waals surface area contributed by atoms with E-state index in [4.69, 9.17) is 5.73 Å². The first-order valence-electron chi connectivity index (χ1n) is 5.52. The Labute approximate surface area is 109 Å². The van der Waals surface area contributed by atoms with Crippen molar-refractivity contribution in [1.29, 1.82) is 0 Å². The second kappa shape index (κ2) is 5.75. The molecule has 2 aromatic rings. The van der Waals surface area contributed by atoms with Crippen LogP contribution in [0, 0.1) is 0 Å². The third kappa shape index (κ3) is 2.94. The van der Waals surface area contributed by atoms with Gasteiger partial charge < -0.3 is 10.5 Å². The molecule has 0 aliphatic heterocycles. The molecule has 0 fully saturated rings. The Morgan fingerprint density at radius 3 is 3.00 bits per heavy atom. The Morgan fingerprint density at radius 1 is 1.50 bits per heavy atom. The van der Waals surface area contributed by atoms with Crippen LogP contribution in [0.3, 0.4) is 0 Å². The molecule has 1 atom stereocenters. The molecule has 0 spiro atoms.